The molecule has 2 N–H and O–H groups in total. The van der Waals surface area contributed by atoms with E-state index in [4.69, 9.17) is 0 Å². The number of aliphatic hydroxyl groups is 1. The number of piperidine rings is 1. The van der Waals surface area contributed by atoms with Crippen LogP contribution >= 0.6 is 15.9 Å². The molecule has 0 bridgehead atoms. The van der Waals surface area contributed by atoms with Crippen LogP contribution in [0.1, 0.15) is 31.4 Å². The first-order valence-electron chi connectivity index (χ1n) is 7.53. The first-order chi connectivity index (χ1) is 10.1. The van der Waals surface area contributed by atoms with Crippen LogP contribution in [0.4, 0.5) is 0 Å². The van der Waals surface area contributed by atoms with Crippen molar-refractivity contribution in [3.63, 3.8) is 0 Å². The number of nitrogens with zero attached hydrogens (tertiary/aromatic N) is 1. The molecule has 0 spiro atoms. The minimum atomic E-state index is -0.498. The lowest BCUT2D eigenvalue weighted by molar-refractivity contribution is -0.128. The minimum Gasteiger partial charge on any atom is -0.390 e. The van der Waals surface area contributed by atoms with Crippen LogP contribution in [-0.4, -0.2) is 41.1 Å². The maximum Gasteiger partial charge on any atom is 0.237 e. The van der Waals surface area contributed by atoms with E-state index in [-0.39, 0.29) is 18.0 Å². The number of halogens is 1. The van der Waals surface area contributed by atoms with Crippen LogP contribution in [0.3, 0.4) is 0 Å². The number of aliphatic hydroxyl groups excluding tert-OH is 1. The monoisotopic (exact) mass is 352 g/mol. The number of carbonyl (C=O) groups excluding carboxylic acids is 1. The number of benzene rings is 1. The molecule has 2 aliphatic heterocycles. The number of hydrogen-bond acceptors (Lipinski definition) is 3. The Labute approximate surface area is 133 Å². The summed E-state index contributed by atoms with van der Waals surface area (Å²) < 4.78 is 1.06. The standard InChI is InChI=1S/C16H21BrN2O2/c1-10-2-7-14-16(21)18-8-13(20)9-19(14)15(10)11-3-5-12(17)6-4-11/h3-6,10,13-15,20H,2,7-9H2,1H3,(H,18,21)/t10-,13-,14+,15-/m1/s1. The number of carbonyl (C=O) groups is 1. The number of fused-ring (bicyclic) bond motifs is 1. The van der Waals surface area contributed by atoms with Gasteiger partial charge in [-0.05, 0) is 36.5 Å². The van der Waals surface area contributed by atoms with E-state index in [9.17, 15) is 9.90 Å². The minimum absolute atomic E-state index is 0.0561. The van der Waals surface area contributed by atoms with Crippen LogP contribution in [0.5, 0.6) is 0 Å². The van der Waals surface area contributed by atoms with E-state index < -0.39 is 6.10 Å². The molecule has 0 unspecified atom stereocenters. The molecule has 2 heterocycles. The van der Waals surface area contributed by atoms with Gasteiger partial charge in [0, 0.05) is 23.6 Å². The fourth-order valence-corrected chi connectivity index (χ4v) is 3.88. The van der Waals surface area contributed by atoms with Crippen molar-refractivity contribution in [1.29, 1.82) is 0 Å². The largest absolute Gasteiger partial charge is 0.390 e. The van der Waals surface area contributed by atoms with E-state index >= 15 is 0 Å². The Balaban J connectivity index is 1.95. The predicted octanol–water partition coefficient (Wildman–Crippen LogP) is 2.08. The zero-order valence-corrected chi connectivity index (χ0v) is 13.7. The Morgan fingerprint density at radius 1 is 1.29 bits per heavy atom. The molecule has 2 fully saturated rings. The highest BCUT2D eigenvalue weighted by Crippen LogP contribution is 2.39. The lowest BCUT2D eigenvalue weighted by atomic mass is 9.82. The van der Waals surface area contributed by atoms with E-state index in [1.165, 1.54) is 5.56 Å². The first kappa shape index (κ1) is 15.0. The van der Waals surface area contributed by atoms with Crippen LogP contribution in [0.2, 0.25) is 0 Å². The highest BCUT2D eigenvalue weighted by molar-refractivity contribution is 9.10. The number of rotatable bonds is 1. The summed E-state index contributed by atoms with van der Waals surface area (Å²) in [6.07, 6.45) is 1.40. The normalized spacial score (nSPS) is 34.0. The van der Waals surface area contributed by atoms with Crippen molar-refractivity contribution in [1.82, 2.24) is 10.2 Å². The lowest BCUT2D eigenvalue weighted by Gasteiger charge is -2.44. The first-order valence-corrected chi connectivity index (χ1v) is 8.32. The van der Waals surface area contributed by atoms with Gasteiger partial charge in [0.05, 0.1) is 12.1 Å². The highest BCUT2D eigenvalue weighted by atomic mass is 79.9. The number of amides is 1. The molecule has 0 saturated carbocycles. The van der Waals surface area contributed by atoms with Crippen LogP contribution in [0.25, 0.3) is 0 Å². The summed E-state index contributed by atoms with van der Waals surface area (Å²) >= 11 is 3.47. The van der Waals surface area contributed by atoms with E-state index in [2.05, 4.69) is 45.2 Å². The van der Waals surface area contributed by atoms with Crippen LogP contribution in [0, 0.1) is 5.92 Å². The Morgan fingerprint density at radius 3 is 2.71 bits per heavy atom. The van der Waals surface area contributed by atoms with Gasteiger partial charge in [-0.2, -0.15) is 0 Å². The Kier molecular flexibility index (Phi) is 4.33. The second-order valence-corrected chi connectivity index (χ2v) is 7.08. The van der Waals surface area contributed by atoms with Crippen LogP contribution in [0.15, 0.2) is 28.7 Å². The topological polar surface area (TPSA) is 52.6 Å². The maximum atomic E-state index is 12.3. The highest BCUT2D eigenvalue weighted by Gasteiger charge is 2.41. The molecular weight excluding hydrogens is 332 g/mol. The Morgan fingerprint density at radius 2 is 2.00 bits per heavy atom. The molecule has 5 heteroatoms. The van der Waals surface area contributed by atoms with Gasteiger partial charge in [-0.3, -0.25) is 9.69 Å². The summed E-state index contributed by atoms with van der Waals surface area (Å²) in [6.45, 7) is 3.14. The summed E-state index contributed by atoms with van der Waals surface area (Å²) in [5.74, 6) is 0.529. The molecule has 3 rings (SSSR count). The van der Waals surface area contributed by atoms with Crippen molar-refractivity contribution < 1.29 is 9.90 Å². The van der Waals surface area contributed by atoms with Gasteiger partial charge in [-0.1, -0.05) is 35.0 Å². The van der Waals surface area contributed by atoms with E-state index in [1.807, 2.05) is 12.1 Å². The maximum absolute atomic E-state index is 12.3. The Hall–Kier alpha value is -0.910. The Bertz CT molecular complexity index is 520. The second-order valence-electron chi connectivity index (χ2n) is 6.16. The van der Waals surface area contributed by atoms with Gasteiger partial charge in [-0.25, -0.2) is 0 Å². The zero-order valence-electron chi connectivity index (χ0n) is 12.1. The molecule has 0 aliphatic carbocycles. The van der Waals surface area contributed by atoms with Crippen molar-refractivity contribution >= 4 is 21.8 Å². The number of nitrogens with one attached hydrogen (secondary N) is 1. The van der Waals surface area contributed by atoms with Gasteiger partial charge in [0.25, 0.3) is 0 Å². The van der Waals surface area contributed by atoms with Gasteiger partial charge in [-0.15, -0.1) is 0 Å². The van der Waals surface area contributed by atoms with Crippen molar-refractivity contribution in [2.24, 2.45) is 5.92 Å². The number of hydrogen-bond donors (Lipinski definition) is 2. The quantitative estimate of drug-likeness (QED) is 0.813. The van der Waals surface area contributed by atoms with Crippen LogP contribution in [-0.2, 0) is 4.79 Å². The summed E-state index contributed by atoms with van der Waals surface area (Å²) in [5, 5.41) is 12.9. The van der Waals surface area contributed by atoms with E-state index in [0.29, 0.717) is 19.0 Å². The van der Waals surface area contributed by atoms with E-state index in [0.717, 1.165) is 17.3 Å². The SMILES string of the molecule is C[C@@H]1CC[C@H]2C(=O)NC[C@@H](O)CN2[C@H]1c1ccc(Br)cc1. The third kappa shape index (κ3) is 3.00. The summed E-state index contributed by atoms with van der Waals surface area (Å²) in [7, 11) is 0. The van der Waals surface area contributed by atoms with Crippen molar-refractivity contribution in [3.05, 3.63) is 34.3 Å². The van der Waals surface area contributed by atoms with Gasteiger partial charge in [0.2, 0.25) is 5.91 Å². The van der Waals surface area contributed by atoms with Crippen LogP contribution < -0.4 is 5.32 Å². The molecule has 4 nitrogen and oxygen atoms in total. The second kappa shape index (κ2) is 6.07. The molecule has 0 aromatic heterocycles. The molecule has 2 saturated heterocycles. The molecule has 2 aliphatic rings. The fourth-order valence-electron chi connectivity index (χ4n) is 3.61. The van der Waals surface area contributed by atoms with Gasteiger partial charge >= 0.3 is 0 Å². The summed E-state index contributed by atoms with van der Waals surface area (Å²) in [5.41, 5.74) is 1.22. The molecular formula is C16H21BrN2O2. The molecule has 1 aromatic rings. The van der Waals surface area contributed by atoms with Gasteiger partial charge in [0.1, 0.15) is 0 Å². The lowest BCUT2D eigenvalue weighted by Crippen LogP contribution is -2.51. The molecule has 1 aromatic carbocycles. The third-order valence-corrected chi connectivity index (χ3v) is 5.17. The fraction of sp³-hybridized carbons (Fsp3) is 0.562. The molecule has 0 radical (unpaired) electrons. The zero-order chi connectivity index (χ0) is 15.0. The summed E-state index contributed by atoms with van der Waals surface area (Å²) in [4.78, 5) is 14.5. The van der Waals surface area contributed by atoms with Crippen molar-refractivity contribution in [3.8, 4) is 0 Å². The molecule has 1 amide bonds. The van der Waals surface area contributed by atoms with E-state index in [1.54, 1.807) is 0 Å². The van der Waals surface area contributed by atoms with Crippen molar-refractivity contribution in [2.45, 2.75) is 38.0 Å². The molecule has 114 valence electrons. The molecule has 4 atom stereocenters. The smallest absolute Gasteiger partial charge is 0.237 e. The number of β-amino-alcohol motifs (C(OH)–C–C–N with tert-alkyl or cyclic N) is 1. The van der Waals surface area contributed by atoms with Gasteiger partial charge < -0.3 is 10.4 Å². The molecule has 21 heavy (non-hydrogen) atoms. The average molecular weight is 353 g/mol. The van der Waals surface area contributed by atoms with Crippen molar-refractivity contribution in [2.75, 3.05) is 13.1 Å². The summed E-state index contributed by atoms with van der Waals surface area (Å²) in [6, 6.07) is 8.38. The van der Waals surface area contributed by atoms with Gasteiger partial charge in [0.15, 0.2) is 0 Å². The third-order valence-electron chi connectivity index (χ3n) is 4.64. The average Bonchev–Trinajstić information content (AvgIpc) is 2.60. The predicted molar refractivity (Wildman–Crippen MR) is 84.8 cm³/mol.